The van der Waals surface area contributed by atoms with Crippen molar-refractivity contribution in [2.45, 2.75) is 6.54 Å². The number of nitrogen functional groups attached to an aromatic ring is 1. The van der Waals surface area contributed by atoms with E-state index in [2.05, 4.69) is 21.0 Å². The standard InChI is InChI=1S/C10H14N6O2/c1-17-8-3-4-9(18-2)7(5-8)6-12-16-10(11)13-14-15-16/h3-5,12H,6H2,1-2H3,(H2,11,13,15). The third-order valence-electron chi connectivity index (χ3n) is 2.40. The number of nitrogens with zero attached hydrogens (tertiary/aromatic N) is 4. The van der Waals surface area contributed by atoms with Crippen molar-refractivity contribution in [3.63, 3.8) is 0 Å². The molecule has 0 atom stereocenters. The number of anilines is 1. The van der Waals surface area contributed by atoms with Crippen LogP contribution in [0.5, 0.6) is 11.5 Å². The molecule has 0 bridgehead atoms. The molecule has 2 aromatic rings. The zero-order valence-electron chi connectivity index (χ0n) is 10.1. The summed E-state index contributed by atoms with van der Waals surface area (Å²) in [6.07, 6.45) is 0. The zero-order valence-corrected chi connectivity index (χ0v) is 10.1. The van der Waals surface area contributed by atoms with Gasteiger partial charge in [-0.25, -0.2) is 0 Å². The van der Waals surface area contributed by atoms with E-state index in [1.165, 1.54) is 4.79 Å². The van der Waals surface area contributed by atoms with Crippen LogP contribution in [0.1, 0.15) is 5.56 Å². The number of hydrogen-bond acceptors (Lipinski definition) is 7. The molecule has 1 aromatic heterocycles. The summed E-state index contributed by atoms with van der Waals surface area (Å²) in [5.74, 6) is 1.68. The summed E-state index contributed by atoms with van der Waals surface area (Å²) in [5.41, 5.74) is 9.40. The van der Waals surface area contributed by atoms with Gasteiger partial charge < -0.3 is 20.6 Å². The van der Waals surface area contributed by atoms with Crippen LogP contribution in [0.25, 0.3) is 0 Å². The summed E-state index contributed by atoms with van der Waals surface area (Å²) in [6.45, 7) is 0.454. The van der Waals surface area contributed by atoms with Crippen LogP contribution in [0.15, 0.2) is 18.2 Å². The highest BCUT2D eigenvalue weighted by molar-refractivity contribution is 5.40. The number of aromatic nitrogens is 4. The second-order valence-electron chi connectivity index (χ2n) is 3.46. The summed E-state index contributed by atoms with van der Waals surface area (Å²) in [5, 5.41) is 10.7. The molecule has 0 unspecified atom stereocenters. The minimum Gasteiger partial charge on any atom is -0.497 e. The Labute approximate surface area is 104 Å². The molecule has 0 amide bonds. The molecule has 0 fully saturated rings. The molecule has 0 aliphatic heterocycles. The van der Waals surface area contributed by atoms with Gasteiger partial charge in [0.2, 0.25) is 0 Å². The van der Waals surface area contributed by atoms with Gasteiger partial charge in [-0.05, 0) is 28.6 Å². The first-order valence-electron chi connectivity index (χ1n) is 5.23. The number of nitrogens with one attached hydrogen (secondary N) is 1. The van der Waals surface area contributed by atoms with Crippen LogP contribution in [0.4, 0.5) is 5.95 Å². The lowest BCUT2D eigenvalue weighted by Crippen LogP contribution is -2.18. The van der Waals surface area contributed by atoms with Gasteiger partial charge in [-0.15, -0.1) is 4.79 Å². The van der Waals surface area contributed by atoms with Crippen molar-refractivity contribution in [2.75, 3.05) is 25.4 Å². The van der Waals surface area contributed by atoms with E-state index in [0.29, 0.717) is 6.54 Å². The summed E-state index contributed by atoms with van der Waals surface area (Å²) in [6, 6.07) is 5.53. The maximum atomic E-state index is 5.54. The molecule has 0 aliphatic carbocycles. The molecule has 8 heteroatoms. The maximum absolute atomic E-state index is 5.54. The van der Waals surface area contributed by atoms with Gasteiger partial charge in [0.15, 0.2) is 0 Å². The molecule has 0 saturated carbocycles. The summed E-state index contributed by atoms with van der Waals surface area (Å²) >= 11 is 0. The predicted molar refractivity (Wildman–Crippen MR) is 64.8 cm³/mol. The second-order valence-corrected chi connectivity index (χ2v) is 3.46. The zero-order chi connectivity index (χ0) is 13.0. The largest absolute Gasteiger partial charge is 0.497 e. The molecule has 8 nitrogen and oxygen atoms in total. The van der Waals surface area contributed by atoms with Crippen molar-refractivity contribution in [1.29, 1.82) is 0 Å². The van der Waals surface area contributed by atoms with E-state index in [0.717, 1.165) is 17.1 Å². The van der Waals surface area contributed by atoms with Gasteiger partial charge in [0, 0.05) is 5.56 Å². The lowest BCUT2D eigenvalue weighted by molar-refractivity contribution is 0.398. The van der Waals surface area contributed by atoms with E-state index in [9.17, 15) is 0 Å². The van der Waals surface area contributed by atoms with Crippen LogP contribution in [0, 0.1) is 0 Å². The molecule has 1 aromatic carbocycles. The minimum atomic E-state index is 0.192. The van der Waals surface area contributed by atoms with Crippen molar-refractivity contribution in [1.82, 2.24) is 20.3 Å². The van der Waals surface area contributed by atoms with Crippen LogP contribution < -0.4 is 20.6 Å². The van der Waals surface area contributed by atoms with Crippen molar-refractivity contribution in [3.05, 3.63) is 23.8 Å². The van der Waals surface area contributed by atoms with Crippen LogP contribution in [0.2, 0.25) is 0 Å². The maximum Gasteiger partial charge on any atom is 0.260 e. The fourth-order valence-electron chi connectivity index (χ4n) is 1.49. The van der Waals surface area contributed by atoms with Crippen molar-refractivity contribution >= 4 is 5.95 Å². The Morgan fingerprint density at radius 1 is 1.33 bits per heavy atom. The molecule has 18 heavy (non-hydrogen) atoms. The van der Waals surface area contributed by atoms with Gasteiger partial charge in [0.1, 0.15) is 11.5 Å². The minimum absolute atomic E-state index is 0.192. The molecule has 2 rings (SSSR count). The van der Waals surface area contributed by atoms with E-state index >= 15 is 0 Å². The highest BCUT2D eigenvalue weighted by Crippen LogP contribution is 2.23. The molecule has 0 aliphatic rings. The van der Waals surface area contributed by atoms with Gasteiger partial charge in [0.05, 0.1) is 20.8 Å². The lowest BCUT2D eigenvalue weighted by Gasteiger charge is -2.11. The monoisotopic (exact) mass is 250 g/mol. The predicted octanol–water partition coefficient (Wildman–Crippen LogP) is 0.0162. The number of tetrazole rings is 1. The molecular weight excluding hydrogens is 236 g/mol. The van der Waals surface area contributed by atoms with Crippen LogP contribution in [-0.2, 0) is 6.54 Å². The Morgan fingerprint density at radius 2 is 2.17 bits per heavy atom. The summed E-state index contributed by atoms with van der Waals surface area (Å²) in [7, 11) is 3.22. The quantitative estimate of drug-likeness (QED) is 0.771. The third kappa shape index (κ3) is 2.42. The van der Waals surface area contributed by atoms with Gasteiger partial charge in [-0.3, -0.25) is 0 Å². The summed E-state index contributed by atoms with van der Waals surface area (Å²) in [4.78, 5) is 1.29. The van der Waals surface area contributed by atoms with Gasteiger partial charge >= 0.3 is 0 Å². The molecule has 96 valence electrons. The van der Waals surface area contributed by atoms with Crippen molar-refractivity contribution in [2.24, 2.45) is 0 Å². The van der Waals surface area contributed by atoms with Crippen LogP contribution in [0.3, 0.4) is 0 Å². The number of ether oxygens (including phenoxy) is 2. The topological polar surface area (TPSA) is 100 Å². The fraction of sp³-hybridized carbons (Fsp3) is 0.300. The Hall–Kier alpha value is -2.51. The SMILES string of the molecule is COc1ccc(OC)c(CNn2nnnc2N)c1. The second kappa shape index (κ2) is 5.21. The lowest BCUT2D eigenvalue weighted by atomic mass is 10.2. The number of rotatable bonds is 5. The van der Waals surface area contributed by atoms with Crippen LogP contribution in [-0.4, -0.2) is 34.5 Å². The average molecular weight is 250 g/mol. The summed E-state index contributed by atoms with van der Waals surface area (Å²) < 4.78 is 10.4. The number of nitrogens with two attached hydrogens (primary N) is 1. The molecule has 0 radical (unpaired) electrons. The van der Waals surface area contributed by atoms with Gasteiger partial charge in [-0.1, -0.05) is 5.10 Å². The van der Waals surface area contributed by atoms with E-state index in [1.54, 1.807) is 14.2 Å². The van der Waals surface area contributed by atoms with Crippen molar-refractivity contribution < 1.29 is 9.47 Å². The smallest absolute Gasteiger partial charge is 0.260 e. The fourth-order valence-corrected chi connectivity index (χ4v) is 1.49. The van der Waals surface area contributed by atoms with Gasteiger partial charge in [-0.2, -0.15) is 0 Å². The Morgan fingerprint density at radius 3 is 2.78 bits per heavy atom. The van der Waals surface area contributed by atoms with E-state index in [4.69, 9.17) is 15.2 Å². The molecule has 1 heterocycles. The van der Waals surface area contributed by atoms with E-state index in [-0.39, 0.29) is 5.95 Å². The first kappa shape index (κ1) is 12.0. The molecule has 0 spiro atoms. The Kier molecular flexibility index (Phi) is 3.46. The first-order chi connectivity index (χ1) is 8.74. The highest BCUT2D eigenvalue weighted by Gasteiger charge is 2.06. The molecule has 0 saturated heterocycles. The van der Waals surface area contributed by atoms with Crippen molar-refractivity contribution in [3.8, 4) is 11.5 Å². The number of benzene rings is 1. The Bertz CT molecular complexity index is 527. The van der Waals surface area contributed by atoms with E-state index in [1.807, 2.05) is 18.2 Å². The molecule has 3 N–H and O–H groups in total. The number of hydrogen-bond donors (Lipinski definition) is 2. The molecular formula is C10H14N6O2. The van der Waals surface area contributed by atoms with E-state index < -0.39 is 0 Å². The first-order valence-corrected chi connectivity index (χ1v) is 5.23. The van der Waals surface area contributed by atoms with Crippen LogP contribution >= 0.6 is 0 Å². The Balaban J connectivity index is 2.14. The number of methoxy groups -OCH3 is 2. The average Bonchev–Trinajstić information content (AvgIpc) is 2.81. The third-order valence-corrected chi connectivity index (χ3v) is 2.40. The van der Waals surface area contributed by atoms with Gasteiger partial charge in [0.25, 0.3) is 5.95 Å². The normalized spacial score (nSPS) is 10.1. The highest BCUT2D eigenvalue weighted by atomic mass is 16.5.